The van der Waals surface area contributed by atoms with Crippen molar-refractivity contribution in [3.8, 4) is 0 Å². The molecular formula is C4H9Cl3OZr. The van der Waals surface area contributed by atoms with Crippen LogP contribution in [0.1, 0.15) is 19.8 Å². The van der Waals surface area contributed by atoms with Gasteiger partial charge in [0.05, 0.1) is 0 Å². The second-order valence-corrected chi connectivity index (χ2v) is 1.91. The normalized spacial score (nSPS) is 6.11. The zero-order valence-electron chi connectivity index (χ0n) is 5.16. The fourth-order valence-electron chi connectivity index (χ4n) is 0.217. The Hall–Kier alpha value is 1.71. The molecule has 0 saturated heterocycles. The average molecular weight is 271 g/mol. The molecule has 0 spiro atoms. The van der Waals surface area contributed by atoms with Crippen LogP contribution in [0.25, 0.3) is 0 Å². The average Bonchev–Trinajstić information content (AvgIpc) is 1.61. The van der Waals surface area contributed by atoms with Gasteiger partial charge in [0, 0.05) is 0 Å². The number of halogens is 3. The van der Waals surface area contributed by atoms with Gasteiger partial charge < -0.3 is 37.2 Å². The molecule has 0 amide bonds. The van der Waals surface area contributed by atoms with Crippen LogP contribution in [0.3, 0.4) is 0 Å². The Morgan fingerprint density at radius 1 is 1.22 bits per heavy atom. The molecule has 0 bridgehead atoms. The summed E-state index contributed by atoms with van der Waals surface area (Å²) in [4.78, 5) is 0. The third-order valence-corrected chi connectivity index (χ3v) is 1.10. The van der Waals surface area contributed by atoms with E-state index in [2.05, 4.69) is 6.92 Å². The molecule has 5 heteroatoms. The van der Waals surface area contributed by atoms with Crippen molar-refractivity contribution in [2.75, 3.05) is 6.61 Å². The summed E-state index contributed by atoms with van der Waals surface area (Å²) in [7, 11) is 0. The standard InChI is InChI=1S/C4H9O.3ClH.Zr/c1-2-3-4-5;;;;/h2-4H2,1H3;3*1H;/q-1;;;;+4/p-3. The van der Waals surface area contributed by atoms with Gasteiger partial charge in [-0.15, -0.1) is 0 Å². The van der Waals surface area contributed by atoms with E-state index in [9.17, 15) is 0 Å². The Labute approximate surface area is 91.0 Å². The van der Waals surface area contributed by atoms with Crippen molar-refractivity contribution >= 4 is 0 Å². The Morgan fingerprint density at radius 2 is 1.67 bits per heavy atom. The monoisotopic (exact) mass is 268 g/mol. The van der Waals surface area contributed by atoms with Crippen LogP contribution in [-0.4, -0.2) is 6.61 Å². The molecule has 0 heterocycles. The first-order valence-electron chi connectivity index (χ1n) is 2.20. The van der Waals surface area contributed by atoms with Gasteiger partial charge in [0.25, 0.3) is 0 Å². The molecule has 0 fully saturated rings. The van der Waals surface area contributed by atoms with Crippen LogP contribution >= 0.6 is 0 Å². The summed E-state index contributed by atoms with van der Waals surface area (Å²) >= 11 is 1.19. The molecule has 0 aliphatic heterocycles. The zero-order chi connectivity index (χ0) is 4.83. The summed E-state index contributed by atoms with van der Waals surface area (Å²) in [6, 6.07) is 0. The number of rotatable bonds is 3. The van der Waals surface area contributed by atoms with Gasteiger partial charge in [-0.1, -0.05) is 0 Å². The fraction of sp³-hybridized carbons (Fsp3) is 1.00. The third kappa shape index (κ3) is 26.0. The van der Waals surface area contributed by atoms with Gasteiger partial charge in [0.1, 0.15) is 0 Å². The molecule has 1 nitrogen and oxygen atoms in total. The molecular weight excluding hydrogens is 262 g/mol. The van der Waals surface area contributed by atoms with Crippen LogP contribution in [0, 0.1) is 0 Å². The smallest absolute Gasteiger partial charge is 1.00 e. The van der Waals surface area contributed by atoms with E-state index in [0.717, 1.165) is 6.61 Å². The predicted octanol–water partition coefficient (Wildman–Crippen LogP) is -7.72. The van der Waals surface area contributed by atoms with Gasteiger partial charge in [-0.25, -0.2) is 0 Å². The summed E-state index contributed by atoms with van der Waals surface area (Å²) in [5, 5.41) is 0. The quantitative estimate of drug-likeness (QED) is 0.463. The Balaban J connectivity index is -0.0000000417. The predicted molar refractivity (Wildman–Crippen MR) is 20.9 cm³/mol. The minimum absolute atomic E-state index is 0. The SMILES string of the molecule is CCCC[O][Zr+3].[Cl-].[Cl-].[Cl-]. The maximum Gasteiger partial charge on any atom is -1.00 e. The minimum atomic E-state index is 0. The van der Waals surface area contributed by atoms with E-state index in [1.807, 2.05) is 0 Å². The second-order valence-electron chi connectivity index (χ2n) is 1.20. The molecule has 0 saturated carbocycles. The van der Waals surface area contributed by atoms with Gasteiger partial charge in [-0.05, 0) is 0 Å². The molecule has 0 N–H and O–H groups in total. The van der Waals surface area contributed by atoms with E-state index in [1.54, 1.807) is 0 Å². The molecule has 0 aliphatic carbocycles. The van der Waals surface area contributed by atoms with Gasteiger partial charge in [0.15, 0.2) is 0 Å². The fourth-order valence-corrected chi connectivity index (χ4v) is 0.571. The van der Waals surface area contributed by atoms with E-state index in [-0.39, 0.29) is 37.2 Å². The van der Waals surface area contributed by atoms with Crippen molar-refractivity contribution in [3.63, 3.8) is 0 Å². The summed E-state index contributed by atoms with van der Waals surface area (Å²) in [5.41, 5.74) is 0. The van der Waals surface area contributed by atoms with Crippen molar-refractivity contribution in [3.05, 3.63) is 0 Å². The van der Waals surface area contributed by atoms with Gasteiger partial charge in [-0.3, -0.25) is 0 Å². The van der Waals surface area contributed by atoms with E-state index in [1.165, 1.54) is 38.0 Å². The molecule has 0 atom stereocenters. The Morgan fingerprint density at radius 3 is 1.78 bits per heavy atom. The van der Waals surface area contributed by atoms with Crippen molar-refractivity contribution < 1.29 is 65.2 Å². The van der Waals surface area contributed by atoms with E-state index >= 15 is 0 Å². The van der Waals surface area contributed by atoms with Crippen molar-refractivity contribution in [2.45, 2.75) is 19.8 Å². The zero-order valence-corrected chi connectivity index (χ0v) is 9.89. The first kappa shape index (κ1) is 22.4. The van der Waals surface area contributed by atoms with Crippen molar-refractivity contribution in [1.82, 2.24) is 0 Å². The van der Waals surface area contributed by atoms with Gasteiger partial charge in [-0.2, -0.15) is 0 Å². The second kappa shape index (κ2) is 22.6. The molecule has 0 rings (SSSR count). The van der Waals surface area contributed by atoms with Crippen LogP contribution in [0.4, 0.5) is 0 Å². The Bertz CT molecular complexity index is 27.8. The molecule has 56 valence electrons. The topological polar surface area (TPSA) is 9.23 Å². The number of hydrogen-bond donors (Lipinski definition) is 0. The Kier molecular flexibility index (Phi) is 56.3. The molecule has 9 heavy (non-hydrogen) atoms. The van der Waals surface area contributed by atoms with Crippen LogP contribution in [0.2, 0.25) is 0 Å². The molecule has 0 aliphatic rings. The largest absolute Gasteiger partial charge is 1.00 e. The summed E-state index contributed by atoms with van der Waals surface area (Å²) in [6.07, 6.45) is 2.46. The van der Waals surface area contributed by atoms with Gasteiger partial charge >= 0.3 is 54.3 Å². The van der Waals surface area contributed by atoms with Gasteiger partial charge in [0.2, 0.25) is 0 Å². The van der Waals surface area contributed by atoms with E-state index in [0.29, 0.717) is 0 Å². The molecule has 0 unspecified atom stereocenters. The molecule has 0 aromatic rings. The van der Waals surface area contributed by atoms with E-state index < -0.39 is 0 Å². The van der Waals surface area contributed by atoms with Crippen LogP contribution in [0.15, 0.2) is 0 Å². The van der Waals surface area contributed by atoms with Crippen LogP contribution < -0.4 is 37.2 Å². The van der Waals surface area contributed by atoms with Crippen LogP contribution in [0.5, 0.6) is 0 Å². The third-order valence-electron chi connectivity index (χ3n) is 0.600. The van der Waals surface area contributed by atoms with E-state index in [4.69, 9.17) is 2.81 Å². The maximum atomic E-state index is 4.87. The first-order valence-corrected chi connectivity index (χ1v) is 3.20. The number of hydrogen-bond acceptors (Lipinski definition) is 1. The molecule has 0 aromatic heterocycles. The molecule has 0 radical (unpaired) electrons. The van der Waals surface area contributed by atoms with Crippen molar-refractivity contribution in [1.29, 1.82) is 0 Å². The summed E-state index contributed by atoms with van der Waals surface area (Å²) in [6.45, 7) is 3.12. The summed E-state index contributed by atoms with van der Waals surface area (Å²) in [5.74, 6) is 0. The van der Waals surface area contributed by atoms with Crippen molar-refractivity contribution in [2.24, 2.45) is 0 Å². The number of unbranched alkanes of at least 4 members (excludes halogenated alkanes) is 1. The maximum absolute atomic E-state index is 4.87. The summed E-state index contributed by atoms with van der Waals surface area (Å²) < 4.78 is 4.87. The van der Waals surface area contributed by atoms with Crippen LogP contribution in [-0.2, 0) is 28.0 Å². The first-order chi connectivity index (χ1) is 2.91. The minimum Gasteiger partial charge on any atom is -1.00 e. The molecule has 0 aromatic carbocycles.